The fourth-order valence-electron chi connectivity index (χ4n) is 3.53. The fraction of sp³-hybridized carbons (Fsp3) is 1.00. The lowest BCUT2D eigenvalue weighted by Crippen LogP contribution is -2.49. The lowest BCUT2D eigenvalue weighted by atomic mass is 9.67. The topological polar surface area (TPSA) is 24.1 Å². The van der Waals surface area contributed by atoms with E-state index in [-0.39, 0.29) is 0 Å². The van der Waals surface area contributed by atoms with Crippen molar-refractivity contribution in [2.45, 2.75) is 58.8 Å². The van der Waals surface area contributed by atoms with Gasteiger partial charge in [-0.05, 0) is 55.9 Å². The fourth-order valence-corrected chi connectivity index (χ4v) is 3.53. The molecule has 2 aliphatic rings. The molecule has 0 bridgehead atoms. The van der Waals surface area contributed by atoms with Gasteiger partial charge < -0.3 is 10.6 Å². The van der Waals surface area contributed by atoms with E-state index < -0.39 is 0 Å². The third-order valence-electron chi connectivity index (χ3n) is 5.47. The predicted molar refractivity (Wildman–Crippen MR) is 74.3 cm³/mol. The summed E-state index contributed by atoms with van der Waals surface area (Å²) in [5.74, 6) is 0. The van der Waals surface area contributed by atoms with Crippen molar-refractivity contribution in [3.05, 3.63) is 0 Å². The molecule has 2 fully saturated rings. The van der Waals surface area contributed by atoms with Crippen molar-refractivity contribution < 1.29 is 0 Å². The van der Waals surface area contributed by atoms with Gasteiger partial charge in [0.15, 0.2) is 0 Å². The summed E-state index contributed by atoms with van der Waals surface area (Å²) < 4.78 is 0. The minimum Gasteiger partial charge on any atom is -0.316 e. The maximum absolute atomic E-state index is 3.80. The first-order chi connectivity index (χ1) is 8.24. The zero-order valence-corrected chi connectivity index (χ0v) is 11.8. The highest BCUT2D eigenvalue weighted by Gasteiger charge is 2.36. The highest BCUT2D eigenvalue weighted by Crippen LogP contribution is 2.43. The molecule has 0 aromatic rings. The molecule has 1 saturated heterocycles. The maximum Gasteiger partial charge on any atom is 0.00201 e. The Balaban J connectivity index is 1.75. The number of piperidine rings is 1. The Morgan fingerprint density at radius 3 is 2.06 bits per heavy atom. The molecule has 0 radical (unpaired) electrons. The van der Waals surface area contributed by atoms with Crippen molar-refractivity contribution in [2.75, 3.05) is 26.2 Å². The minimum atomic E-state index is 0.539. The third kappa shape index (κ3) is 3.03. The Labute approximate surface area is 107 Å². The number of rotatable bonds is 6. The van der Waals surface area contributed by atoms with Gasteiger partial charge in [-0.25, -0.2) is 0 Å². The highest BCUT2D eigenvalue weighted by atomic mass is 14.9. The Morgan fingerprint density at radius 1 is 0.941 bits per heavy atom. The van der Waals surface area contributed by atoms with Crippen LogP contribution in [-0.2, 0) is 0 Å². The summed E-state index contributed by atoms with van der Waals surface area (Å²) in [6.07, 6.45) is 9.79. The molecule has 1 aliphatic heterocycles. The molecule has 2 heteroatoms. The molecule has 2 N–H and O–H groups in total. The van der Waals surface area contributed by atoms with Crippen molar-refractivity contribution in [3.63, 3.8) is 0 Å². The van der Waals surface area contributed by atoms with Gasteiger partial charge in [0.05, 0.1) is 0 Å². The zero-order chi connectivity index (χ0) is 12.2. The van der Waals surface area contributed by atoms with Gasteiger partial charge in [0.25, 0.3) is 0 Å². The SMILES string of the molecule is CCC1(CNCC2(CC)CCCNC2)CCC1. The highest BCUT2D eigenvalue weighted by molar-refractivity contribution is 4.91. The molecule has 17 heavy (non-hydrogen) atoms. The average molecular weight is 238 g/mol. The minimum absolute atomic E-state index is 0.539. The van der Waals surface area contributed by atoms with E-state index in [9.17, 15) is 0 Å². The van der Waals surface area contributed by atoms with Crippen LogP contribution in [0.15, 0.2) is 0 Å². The Hall–Kier alpha value is -0.0800. The van der Waals surface area contributed by atoms with Crippen LogP contribution in [0.3, 0.4) is 0 Å². The van der Waals surface area contributed by atoms with Gasteiger partial charge in [0.1, 0.15) is 0 Å². The number of nitrogens with one attached hydrogen (secondary N) is 2. The summed E-state index contributed by atoms with van der Waals surface area (Å²) in [5, 5.41) is 7.38. The van der Waals surface area contributed by atoms with E-state index in [1.165, 1.54) is 71.1 Å². The monoisotopic (exact) mass is 238 g/mol. The van der Waals surface area contributed by atoms with Crippen LogP contribution in [-0.4, -0.2) is 26.2 Å². The molecule has 1 unspecified atom stereocenters. The summed E-state index contributed by atoms with van der Waals surface area (Å²) in [6.45, 7) is 9.63. The van der Waals surface area contributed by atoms with Gasteiger partial charge in [0, 0.05) is 19.6 Å². The van der Waals surface area contributed by atoms with Crippen LogP contribution in [0.4, 0.5) is 0 Å². The summed E-state index contributed by atoms with van der Waals surface area (Å²) in [6, 6.07) is 0. The molecule has 0 amide bonds. The summed E-state index contributed by atoms with van der Waals surface area (Å²) in [7, 11) is 0. The van der Waals surface area contributed by atoms with E-state index >= 15 is 0 Å². The Kier molecular flexibility index (Phi) is 4.48. The van der Waals surface area contributed by atoms with Crippen molar-refractivity contribution in [1.29, 1.82) is 0 Å². The van der Waals surface area contributed by atoms with Gasteiger partial charge in [-0.3, -0.25) is 0 Å². The molecule has 1 saturated carbocycles. The molecule has 1 heterocycles. The molecule has 1 atom stereocenters. The normalized spacial score (nSPS) is 32.1. The molecule has 2 rings (SSSR count). The summed E-state index contributed by atoms with van der Waals surface area (Å²) >= 11 is 0. The van der Waals surface area contributed by atoms with Crippen LogP contribution >= 0.6 is 0 Å². The third-order valence-corrected chi connectivity index (χ3v) is 5.47. The molecule has 0 aromatic carbocycles. The van der Waals surface area contributed by atoms with E-state index in [1.54, 1.807) is 0 Å². The van der Waals surface area contributed by atoms with Crippen LogP contribution in [0.5, 0.6) is 0 Å². The molecule has 0 aromatic heterocycles. The van der Waals surface area contributed by atoms with Crippen LogP contribution in [0.2, 0.25) is 0 Å². The Bertz CT molecular complexity index is 222. The van der Waals surface area contributed by atoms with E-state index in [0.717, 1.165) is 0 Å². The quantitative estimate of drug-likeness (QED) is 0.743. The van der Waals surface area contributed by atoms with Crippen molar-refractivity contribution >= 4 is 0 Å². The predicted octanol–water partition coefficient (Wildman–Crippen LogP) is 2.94. The van der Waals surface area contributed by atoms with E-state index in [4.69, 9.17) is 0 Å². The molecular weight excluding hydrogens is 208 g/mol. The number of hydrogen-bond acceptors (Lipinski definition) is 2. The van der Waals surface area contributed by atoms with Crippen LogP contribution in [0, 0.1) is 10.8 Å². The van der Waals surface area contributed by atoms with Crippen molar-refractivity contribution in [2.24, 2.45) is 10.8 Å². The molecular formula is C15H30N2. The van der Waals surface area contributed by atoms with E-state index in [0.29, 0.717) is 10.8 Å². The van der Waals surface area contributed by atoms with Gasteiger partial charge in [-0.1, -0.05) is 20.3 Å². The Morgan fingerprint density at radius 2 is 1.59 bits per heavy atom. The second kappa shape index (κ2) is 5.71. The van der Waals surface area contributed by atoms with E-state index in [1.807, 2.05) is 0 Å². The van der Waals surface area contributed by atoms with Gasteiger partial charge >= 0.3 is 0 Å². The second-order valence-corrected chi connectivity index (χ2v) is 6.44. The van der Waals surface area contributed by atoms with Crippen LogP contribution in [0.25, 0.3) is 0 Å². The van der Waals surface area contributed by atoms with Crippen LogP contribution in [0.1, 0.15) is 58.8 Å². The summed E-state index contributed by atoms with van der Waals surface area (Å²) in [4.78, 5) is 0. The van der Waals surface area contributed by atoms with Gasteiger partial charge in [0.2, 0.25) is 0 Å². The van der Waals surface area contributed by atoms with Crippen molar-refractivity contribution in [1.82, 2.24) is 10.6 Å². The lowest BCUT2D eigenvalue weighted by Gasteiger charge is -2.43. The smallest absolute Gasteiger partial charge is 0.00201 e. The first-order valence-corrected chi connectivity index (χ1v) is 7.66. The summed E-state index contributed by atoms with van der Waals surface area (Å²) in [5.41, 5.74) is 1.20. The average Bonchev–Trinajstić information content (AvgIpc) is 2.34. The zero-order valence-electron chi connectivity index (χ0n) is 11.8. The van der Waals surface area contributed by atoms with E-state index in [2.05, 4.69) is 24.5 Å². The van der Waals surface area contributed by atoms with Gasteiger partial charge in [-0.15, -0.1) is 0 Å². The second-order valence-electron chi connectivity index (χ2n) is 6.44. The first kappa shape index (κ1) is 13.4. The molecule has 1 aliphatic carbocycles. The van der Waals surface area contributed by atoms with Gasteiger partial charge in [-0.2, -0.15) is 0 Å². The largest absolute Gasteiger partial charge is 0.316 e. The maximum atomic E-state index is 3.80. The number of hydrogen-bond donors (Lipinski definition) is 2. The molecule has 100 valence electrons. The van der Waals surface area contributed by atoms with Crippen LogP contribution < -0.4 is 10.6 Å². The first-order valence-electron chi connectivity index (χ1n) is 7.66. The molecule has 2 nitrogen and oxygen atoms in total. The lowest BCUT2D eigenvalue weighted by molar-refractivity contribution is 0.110. The standard InChI is InChI=1S/C15H30N2/c1-3-14(7-5-8-14)11-17-13-15(4-2)9-6-10-16-12-15/h16-17H,3-13H2,1-2H3. The molecule has 0 spiro atoms. The van der Waals surface area contributed by atoms with Crippen molar-refractivity contribution in [3.8, 4) is 0 Å².